The highest BCUT2D eigenvalue weighted by Gasteiger charge is 2.20. The van der Waals surface area contributed by atoms with Crippen molar-refractivity contribution in [3.05, 3.63) is 29.8 Å². The van der Waals surface area contributed by atoms with Crippen molar-refractivity contribution in [2.45, 2.75) is 26.0 Å². The van der Waals surface area contributed by atoms with E-state index in [1.165, 1.54) is 5.56 Å². The normalized spacial score (nSPS) is 20.4. The summed E-state index contributed by atoms with van der Waals surface area (Å²) in [6.45, 7) is 8.17. The minimum atomic E-state index is 0.321. The number of hydrogen-bond donors (Lipinski definition) is 1. The molecule has 1 saturated heterocycles. The maximum Gasteiger partial charge on any atom is 0.0829 e. The molecule has 1 unspecified atom stereocenters. The lowest BCUT2D eigenvalue weighted by molar-refractivity contribution is -0.0367. The van der Waals surface area contributed by atoms with Crippen molar-refractivity contribution < 1.29 is 4.74 Å². The van der Waals surface area contributed by atoms with Crippen LogP contribution in [0.15, 0.2) is 24.3 Å². The number of anilines is 1. The van der Waals surface area contributed by atoms with Crippen LogP contribution in [0.1, 0.15) is 18.9 Å². The molecule has 1 aliphatic heterocycles. The van der Waals surface area contributed by atoms with Crippen LogP contribution in [0.4, 0.5) is 5.69 Å². The Morgan fingerprint density at radius 3 is 3.00 bits per heavy atom. The first-order valence-corrected chi connectivity index (χ1v) is 7.54. The van der Waals surface area contributed by atoms with E-state index in [-0.39, 0.29) is 0 Å². The van der Waals surface area contributed by atoms with E-state index in [1.54, 1.807) is 0 Å². The minimum absolute atomic E-state index is 0.321. The average molecular weight is 277 g/mol. The molecule has 2 rings (SSSR count). The molecular weight excluding hydrogens is 250 g/mol. The maximum atomic E-state index is 5.88. The van der Waals surface area contributed by atoms with Gasteiger partial charge in [-0.25, -0.2) is 0 Å². The van der Waals surface area contributed by atoms with Crippen LogP contribution < -0.4 is 5.73 Å². The molecule has 0 amide bonds. The fourth-order valence-corrected chi connectivity index (χ4v) is 2.77. The molecule has 20 heavy (non-hydrogen) atoms. The molecule has 1 aromatic rings. The number of rotatable bonds is 6. The summed E-state index contributed by atoms with van der Waals surface area (Å²) in [5, 5.41) is 0. The number of nitrogens with zero attached hydrogens (tertiary/aromatic N) is 2. The Hall–Kier alpha value is -1.10. The molecule has 1 atom stereocenters. The Morgan fingerprint density at radius 2 is 2.30 bits per heavy atom. The summed E-state index contributed by atoms with van der Waals surface area (Å²) < 4.78 is 5.88. The Kier molecular flexibility index (Phi) is 5.83. The van der Waals surface area contributed by atoms with Gasteiger partial charge in [-0.1, -0.05) is 19.1 Å². The lowest BCUT2D eigenvalue weighted by Gasteiger charge is -2.34. The van der Waals surface area contributed by atoms with Gasteiger partial charge in [0, 0.05) is 31.9 Å². The largest absolute Gasteiger partial charge is 0.399 e. The molecule has 0 radical (unpaired) electrons. The van der Waals surface area contributed by atoms with Gasteiger partial charge in [-0.05, 0) is 37.7 Å². The van der Waals surface area contributed by atoms with E-state index in [0.717, 1.165) is 51.4 Å². The number of ether oxygens (including phenoxy) is 1. The van der Waals surface area contributed by atoms with Gasteiger partial charge >= 0.3 is 0 Å². The Balaban J connectivity index is 1.92. The van der Waals surface area contributed by atoms with Crippen LogP contribution in [0.25, 0.3) is 0 Å². The van der Waals surface area contributed by atoms with Crippen LogP contribution in [-0.4, -0.2) is 55.7 Å². The van der Waals surface area contributed by atoms with E-state index in [4.69, 9.17) is 10.5 Å². The second-order valence-corrected chi connectivity index (χ2v) is 5.74. The number of hydrogen-bond acceptors (Lipinski definition) is 4. The number of morpholine rings is 1. The minimum Gasteiger partial charge on any atom is -0.399 e. The molecule has 0 bridgehead atoms. The lowest BCUT2D eigenvalue weighted by Crippen LogP contribution is -2.46. The summed E-state index contributed by atoms with van der Waals surface area (Å²) in [6, 6.07) is 8.18. The fraction of sp³-hybridized carbons (Fsp3) is 0.625. The van der Waals surface area contributed by atoms with Gasteiger partial charge in [0.25, 0.3) is 0 Å². The molecule has 1 aliphatic rings. The molecule has 4 nitrogen and oxygen atoms in total. The molecule has 0 spiro atoms. The topological polar surface area (TPSA) is 41.7 Å². The number of nitrogen functional groups attached to an aromatic ring is 1. The molecular formula is C16H27N3O. The third-order valence-corrected chi connectivity index (χ3v) is 3.70. The highest BCUT2D eigenvalue weighted by molar-refractivity contribution is 5.40. The van der Waals surface area contributed by atoms with Gasteiger partial charge < -0.3 is 15.4 Å². The first-order valence-electron chi connectivity index (χ1n) is 7.54. The van der Waals surface area contributed by atoms with Gasteiger partial charge in [0.1, 0.15) is 0 Å². The van der Waals surface area contributed by atoms with Crippen molar-refractivity contribution >= 4 is 5.69 Å². The van der Waals surface area contributed by atoms with Crippen LogP contribution in [-0.2, 0) is 11.3 Å². The van der Waals surface area contributed by atoms with Crippen molar-refractivity contribution in [1.29, 1.82) is 0 Å². The third kappa shape index (κ3) is 4.78. The van der Waals surface area contributed by atoms with Gasteiger partial charge in [-0.2, -0.15) is 0 Å². The Morgan fingerprint density at radius 1 is 1.45 bits per heavy atom. The summed E-state index contributed by atoms with van der Waals surface area (Å²) in [4.78, 5) is 4.82. The molecule has 4 heteroatoms. The molecule has 1 aromatic carbocycles. The summed E-state index contributed by atoms with van der Waals surface area (Å²) in [6.07, 6.45) is 1.48. The maximum absolute atomic E-state index is 5.88. The van der Waals surface area contributed by atoms with E-state index >= 15 is 0 Å². The zero-order chi connectivity index (χ0) is 14.4. The van der Waals surface area contributed by atoms with E-state index in [9.17, 15) is 0 Å². The molecule has 0 aromatic heterocycles. The molecule has 0 saturated carbocycles. The van der Waals surface area contributed by atoms with Gasteiger partial charge in [0.2, 0.25) is 0 Å². The predicted octanol–water partition coefficient (Wildman–Crippen LogP) is 1.81. The SMILES string of the molecule is CCCN(Cc1cccc(N)c1)CC1CN(C)CCO1. The standard InChI is InChI=1S/C16H27N3O/c1-3-7-19(11-14-5-4-6-15(17)10-14)13-16-12-18(2)8-9-20-16/h4-6,10,16H,3,7-9,11-13,17H2,1-2H3. The van der Waals surface area contributed by atoms with Gasteiger partial charge in [-0.3, -0.25) is 4.90 Å². The Labute approximate surface area is 122 Å². The summed E-state index contributed by atoms with van der Waals surface area (Å²) in [5.41, 5.74) is 7.98. The van der Waals surface area contributed by atoms with E-state index in [2.05, 4.69) is 35.9 Å². The van der Waals surface area contributed by atoms with E-state index in [1.807, 2.05) is 12.1 Å². The summed E-state index contributed by atoms with van der Waals surface area (Å²) in [7, 11) is 2.16. The monoisotopic (exact) mass is 277 g/mol. The second kappa shape index (κ2) is 7.62. The summed E-state index contributed by atoms with van der Waals surface area (Å²) >= 11 is 0. The van der Waals surface area contributed by atoms with Crippen LogP contribution in [0, 0.1) is 0 Å². The van der Waals surface area contributed by atoms with Crippen LogP contribution in [0.5, 0.6) is 0 Å². The zero-order valence-electron chi connectivity index (χ0n) is 12.7. The van der Waals surface area contributed by atoms with Crippen LogP contribution in [0.3, 0.4) is 0 Å². The van der Waals surface area contributed by atoms with Crippen molar-refractivity contribution in [3.63, 3.8) is 0 Å². The van der Waals surface area contributed by atoms with Crippen molar-refractivity contribution in [1.82, 2.24) is 9.80 Å². The number of benzene rings is 1. The zero-order valence-corrected chi connectivity index (χ0v) is 12.7. The quantitative estimate of drug-likeness (QED) is 0.805. The van der Waals surface area contributed by atoms with Crippen molar-refractivity contribution in [3.8, 4) is 0 Å². The first-order chi connectivity index (χ1) is 9.67. The molecule has 112 valence electrons. The molecule has 2 N–H and O–H groups in total. The van der Waals surface area contributed by atoms with Crippen molar-refractivity contribution in [2.75, 3.05) is 45.6 Å². The van der Waals surface area contributed by atoms with E-state index < -0.39 is 0 Å². The summed E-state index contributed by atoms with van der Waals surface area (Å²) in [5.74, 6) is 0. The highest BCUT2D eigenvalue weighted by atomic mass is 16.5. The Bertz CT molecular complexity index is 410. The lowest BCUT2D eigenvalue weighted by atomic mass is 10.1. The van der Waals surface area contributed by atoms with Crippen LogP contribution in [0.2, 0.25) is 0 Å². The van der Waals surface area contributed by atoms with Crippen molar-refractivity contribution in [2.24, 2.45) is 0 Å². The molecule has 0 aliphatic carbocycles. The van der Waals surface area contributed by atoms with Crippen LogP contribution >= 0.6 is 0 Å². The fourth-order valence-electron chi connectivity index (χ4n) is 2.77. The third-order valence-electron chi connectivity index (χ3n) is 3.70. The average Bonchev–Trinajstić information content (AvgIpc) is 2.39. The smallest absolute Gasteiger partial charge is 0.0829 e. The molecule has 1 fully saturated rings. The number of nitrogens with two attached hydrogens (primary N) is 1. The predicted molar refractivity (Wildman–Crippen MR) is 83.7 cm³/mol. The van der Waals surface area contributed by atoms with Gasteiger partial charge in [0.05, 0.1) is 12.7 Å². The van der Waals surface area contributed by atoms with Gasteiger partial charge in [0.15, 0.2) is 0 Å². The first kappa shape index (κ1) is 15.3. The highest BCUT2D eigenvalue weighted by Crippen LogP contribution is 2.12. The number of likely N-dealkylation sites (N-methyl/N-ethyl adjacent to an activating group) is 1. The van der Waals surface area contributed by atoms with Gasteiger partial charge in [-0.15, -0.1) is 0 Å². The van der Waals surface area contributed by atoms with E-state index in [0.29, 0.717) is 6.10 Å². The molecule has 1 heterocycles. The second-order valence-electron chi connectivity index (χ2n) is 5.74.